The average Bonchev–Trinajstić information content (AvgIpc) is 3.23. The van der Waals surface area contributed by atoms with E-state index in [-0.39, 0.29) is 25.9 Å². The Morgan fingerprint density at radius 2 is 2.21 bits per heavy atom. The van der Waals surface area contributed by atoms with Crippen LogP contribution in [0.3, 0.4) is 0 Å². The van der Waals surface area contributed by atoms with Crippen LogP contribution in [0.4, 0.5) is 10.8 Å². The molecule has 0 aliphatic carbocycles. The summed E-state index contributed by atoms with van der Waals surface area (Å²) >= 11 is 1.33. The summed E-state index contributed by atoms with van der Waals surface area (Å²) in [5.74, 6) is 1.12. The highest BCUT2D eigenvalue weighted by Crippen LogP contribution is 2.35. The van der Waals surface area contributed by atoms with E-state index < -0.39 is 0 Å². The minimum Gasteiger partial charge on any atom is -0.454 e. The number of aliphatic hydroxyl groups is 1. The molecule has 9 heteroatoms. The van der Waals surface area contributed by atoms with E-state index in [4.69, 9.17) is 19.3 Å². The van der Waals surface area contributed by atoms with Gasteiger partial charge in [-0.25, -0.2) is 4.98 Å². The molecule has 1 aliphatic rings. The van der Waals surface area contributed by atoms with Crippen LogP contribution in [-0.4, -0.2) is 49.2 Å². The van der Waals surface area contributed by atoms with E-state index in [1.165, 1.54) is 11.3 Å². The molecule has 1 aromatic heterocycles. The highest BCUT2D eigenvalue weighted by atomic mass is 32.1. The van der Waals surface area contributed by atoms with Gasteiger partial charge >= 0.3 is 0 Å². The van der Waals surface area contributed by atoms with Crippen LogP contribution < -0.4 is 20.1 Å². The van der Waals surface area contributed by atoms with E-state index in [0.717, 1.165) is 5.69 Å². The number of nitrogens with zero attached hydrogens (tertiary/aromatic N) is 1. The number of aromatic nitrogens is 1. The van der Waals surface area contributed by atoms with E-state index in [2.05, 4.69) is 15.6 Å². The van der Waals surface area contributed by atoms with Gasteiger partial charge in [0.2, 0.25) is 6.79 Å². The molecule has 0 fully saturated rings. The minimum atomic E-state index is -0.266. The predicted octanol–water partition coefficient (Wildman–Crippen LogP) is 1.35. The Bertz CT molecular complexity index is 706. The Morgan fingerprint density at radius 3 is 3.08 bits per heavy atom. The molecule has 1 amide bonds. The molecule has 128 valence electrons. The second kappa shape index (κ2) is 7.95. The van der Waals surface area contributed by atoms with E-state index in [1.807, 2.05) is 18.2 Å². The quantitative estimate of drug-likeness (QED) is 0.617. The predicted molar refractivity (Wildman–Crippen MR) is 88.2 cm³/mol. The lowest BCUT2D eigenvalue weighted by molar-refractivity contribution is 0.0835. The maximum atomic E-state index is 12.0. The fourth-order valence-electron chi connectivity index (χ4n) is 2.03. The molecule has 2 heterocycles. The number of thiazole rings is 1. The highest BCUT2D eigenvalue weighted by molar-refractivity contribution is 7.14. The van der Waals surface area contributed by atoms with Crippen molar-refractivity contribution in [3.8, 4) is 11.5 Å². The van der Waals surface area contributed by atoms with Crippen molar-refractivity contribution < 1.29 is 24.1 Å². The van der Waals surface area contributed by atoms with Gasteiger partial charge in [0.25, 0.3) is 5.91 Å². The van der Waals surface area contributed by atoms with Gasteiger partial charge in [0.1, 0.15) is 5.69 Å². The van der Waals surface area contributed by atoms with Crippen LogP contribution in [-0.2, 0) is 4.74 Å². The van der Waals surface area contributed by atoms with Crippen molar-refractivity contribution in [2.75, 3.05) is 38.5 Å². The first-order chi connectivity index (χ1) is 11.8. The number of fused-ring (bicyclic) bond motifs is 1. The number of hydrogen-bond donors (Lipinski definition) is 3. The van der Waals surface area contributed by atoms with Crippen molar-refractivity contribution in [1.29, 1.82) is 0 Å². The van der Waals surface area contributed by atoms with Gasteiger partial charge in [-0.15, -0.1) is 11.3 Å². The third-order valence-corrected chi connectivity index (χ3v) is 3.89. The molecular weight excluding hydrogens is 334 g/mol. The zero-order valence-electron chi connectivity index (χ0n) is 12.8. The summed E-state index contributed by atoms with van der Waals surface area (Å²) < 4.78 is 15.7. The van der Waals surface area contributed by atoms with Crippen LogP contribution in [0.25, 0.3) is 0 Å². The van der Waals surface area contributed by atoms with Crippen LogP contribution in [0.1, 0.15) is 10.5 Å². The first-order valence-electron chi connectivity index (χ1n) is 7.35. The maximum absolute atomic E-state index is 12.0. The maximum Gasteiger partial charge on any atom is 0.270 e. The van der Waals surface area contributed by atoms with Crippen molar-refractivity contribution in [2.24, 2.45) is 0 Å². The van der Waals surface area contributed by atoms with Gasteiger partial charge in [0.05, 0.1) is 19.8 Å². The number of amides is 1. The lowest BCUT2D eigenvalue weighted by atomic mass is 10.3. The summed E-state index contributed by atoms with van der Waals surface area (Å²) in [6.07, 6.45) is 0. The Hall–Kier alpha value is -2.36. The lowest BCUT2D eigenvalue weighted by Crippen LogP contribution is -2.27. The lowest BCUT2D eigenvalue weighted by Gasteiger charge is -2.04. The van der Waals surface area contributed by atoms with E-state index in [0.29, 0.717) is 35.5 Å². The third-order valence-electron chi connectivity index (χ3n) is 3.13. The summed E-state index contributed by atoms with van der Waals surface area (Å²) in [4.78, 5) is 16.2. The van der Waals surface area contributed by atoms with E-state index in [9.17, 15) is 4.79 Å². The molecule has 0 saturated carbocycles. The summed E-state index contributed by atoms with van der Waals surface area (Å²) in [7, 11) is 0. The molecule has 1 aromatic carbocycles. The summed E-state index contributed by atoms with van der Waals surface area (Å²) in [6.45, 7) is 1.16. The molecule has 1 aliphatic heterocycles. The fraction of sp³-hybridized carbons (Fsp3) is 0.333. The number of rotatable bonds is 8. The second-order valence-corrected chi connectivity index (χ2v) is 5.68. The van der Waals surface area contributed by atoms with Crippen LogP contribution >= 0.6 is 11.3 Å². The van der Waals surface area contributed by atoms with E-state index in [1.54, 1.807) is 5.38 Å². The molecule has 24 heavy (non-hydrogen) atoms. The van der Waals surface area contributed by atoms with Crippen molar-refractivity contribution in [3.05, 3.63) is 29.3 Å². The molecule has 3 N–H and O–H groups in total. The first kappa shape index (κ1) is 16.5. The van der Waals surface area contributed by atoms with Gasteiger partial charge in [-0.05, 0) is 12.1 Å². The normalized spacial score (nSPS) is 12.2. The molecule has 0 unspecified atom stereocenters. The summed E-state index contributed by atoms with van der Waals surface area (Å²) in [5, 5.41) is 16.7. The van der Waals surface area contributed by atoms with Crippen molar-refractivity contribution in [2.45, 2.75) is 0 Å². The molecule has 0 spiro atoms. The first-order valence-corrected chi connectivity index (χ1v) is 8.23. The standard InChI is InChI=1S/C15H17N3O5S/c19-4-6-21-5-3-16-14(20)11-8-24-15(18-11)17-10-1-2-12-13(7-10)23-9-22-12/h1-2,7-8,19H,3-6,9H2,(H,16,20)(H,17,18). The summed E-state index contributed by atoms with van der Waals surface area (Å²) in [6, 6.07) is 5.49. The zero-order chi connectivity index (χ0) is 16.8. The number of ether oxygens (including phenoxy) is 3. The number of anilines is 2. The molecule has 0 bridgehead atoms. The zero-order valence-corrected chi connectivity index (χ0v) is 13.6. The second-order valence-electron chi connectivity index (χ2n) is 4.82. The molecule has 3 rings (SSSR count). The largest absolute Gasteiger partial charge is 0.454 e. The Labute approximate surface area is 142 Å². The van der Waals surface area contributed by atoms with Crippen LogP contribution in [0.2, 0.25) is 0 Å². The van der Waals surface area contributed by atoms with Crippen molar-refractivity contribution >= 4 is 28.1 Å². The van der Waals surface area contributed by atoms with Crippen molar-refractivity contribution in [3.63, 3.8) is 0 Å². The Kier molecular flexibility index (Phi) is 5.47. The van der Waals surface area contributed by atoms with Crippen LogP contribution in [0.15, 0.2) is 23.6 Å². The highest BCUT2D eigenvalue weighted by Gasteiger charge is 2.14. The Balaban J connectivity index is 1.52. The third kappa shape index (κ3) is 4.13. The van der Waals surface area contributed by atoms with Crippen molar-refractivity contribution in [1.82, 2.24) is 10.3 Å². The molecule has 8 nitrogen and oxygen atoms in total. The number of hydrogen-bond acceptors (Lipinski definition) is 8. The molecular formula is C15H17N3O5S. The van der Waals surface area contributed by atoms with Gasteiger partial charge in [-0.2, -0.15) is 0 Å². The van der Waals surface area contributed by atoms with E-state index >= 15 is 0 Å². The average molecular weight is 351 g/mol. The summed E-state index contributed by atoms with van der Waals surface area (Å²) in [5.41, 5.74) is 1.14. The van der Waals surface area contributed by atoms with Gasteiger partial charge in [0.15, 0.2) is 16.6 Å². The molecule has 2 aromatic rings. The molecule has 0 saturated heterocycles. The molecule has 0 atom stereocenters. The fourth-order valence-corrected chi connectivity index (χ4v) is 2.74. The SMILES string of the molecule is O=C(NCCOCCO)c1csc(Nc2ccc3c(c2)OCO3)n1. The monoisotopic (exact) mass is 351 g/mol. The van der Waals surface area contributed by atoms with Crippen LogP contribution in [0.5, 0.6) is 11.5 Å². The number of aliphatic hydroxyl groups excluding tert-OH is 1. The van der Waals surface area contributed by atoms with Gasteiger partial charge in [-0.3, -0.25) is 4.79 Å². The van der Waals surface area contributed by atoms with Gasteiger partial charge in [-0.1, -0.05) is 0 Å². The minimum absolute atomic E-state index is 0.0328. The number of carbonyl (C=O) groups is 1. The smallest absolute Gasteiger partial charge is 0.270 e. The number of nitrogens with one attached hydrogen (secondary N) is 2. The topological polar surface area (TPSA) is 102 Å². The van der Waals surface area contributed by atoms with Gasteiger partial charge in [0, 0.05) is 23.7 Å². The Morgan fingerprint density at radius 1 is 1.33 bits per heavy atom. The molecule has 0 radical (unpaired) electrons. The number of carbonyl (C=O) groups excluding carboxylic acids is 1. The van der Waals surface area contributed by atoms with Crippen LogP contribution in [0, 0.1) is 0 Å². The van der Waals surface area contributed by atoms with Gasteiger partial charge < -0.3 is 30.0 Å². The number of benzene rings is 1.